The summed E-state index contributed by atoms with van der Waals surface area (Å²) in [5.41, 5.74) is -0.767. The van der Waals surface area contributed by atoms with Gasteiger partial charge in [0, 0.05) is 27.2 Å². The lowest BCUT2D eigenvalue weighted by Gasteiger charge is -2.42. The second kappa shape index (κ2) is 13.1. The number of unbranched alkanes of at least 4 members (excludes halogenated alkanes) is 5. The lowest BCUT2D eigenvalue weighted by atomic mass is 9.82. The Bertz CT molecular complexity index is 473. The Morgan fingerprint density at radius 3 is 2.37 bits per heavy atom. The highest BCUT2D eigenvalue weighted by molar-refractivity contribution is 5.66. The van der Waals surface area contributed by atoms with E-state index in [-0.39, 0.29) is 18.6 Å². The van der Waals surface area contributed by atoms with Crippen molar-refractivity contribution in [2.24, 2.45) is 0 Å². The van der Waals surface area contributed by atoms with Crippen LogP contribution in [0.25, 0.3) is 0 Å². The van der Waals surface area contributed by atoms with Gasteiger partial charge in [0.15, 0.2) is 0 Å². The van der Waals surface area contributed by atoms with Crippen LogP contribution in [0.5, 0.6) is 0 Å². The van der Waals surface area contributed by atoms with E-state index >= 15 is 0 Å². The van der Waals surface area contributed by atoms with Crippen LogP contribution in [0.15, 0.2) is 24.3 Å². The molecule has 0 aliphatic heterocycles. The number of aliphatic carboxylic acids is 1. The van der Waals surface area contributed by atoms with Gasteiger partial charge in [-0.3, -0.25) is 4.79 Å². The number of methoxy groups -OCH3 is 2. The Hall–Kier alpha value is -1.17. The molecule has 0 aromatic heterocycles. The van der Waals surface area contributed by atoms with E-state index in [1.807, 2.05) is 0 Å². The van der Waals surface area contributed by atoms with Crippen molar-refractivity contribution >= 4 is 5.97 Å². The highest BCUT2D eigenvalue weighted by Crippen LogP contribution is 2.47. The van der Waals surface area contributed by atoms with Crippen molar-refractivity contribution in [3.63, 3.8) is 0 Å². The van der Waals surface area contributed by atoms with Gasteiger partial charge in [0.05, 0.1) is 0 Å². The van der Waals surface area contributed by atoms with Crippen molar-refractivity contribution in [2.75, 3.05) is 20.8 Å². The van der Waals surface area contributed by atoms with E-state index < -0.39 is 11.6 Å². The quantitative estimate of drug-likeness (QED) is 0.319. The molecule has 156 valence electrons. The van der Waals surface area contributed by atoms with Gasteiger partial charge in [0.2, 0.25) is 0 Å². The molecule has 0 aromatic rings. The van der Waals surface area contributed by atoms with Crippen LogP contribution in [0.4, 0.5) is 0 Å². The minimum absolute atomic E-state index is 0.211. The Labute approximate surface area is 164 Å². The molecule has 1 aliphatic carbocycles. The van der Waals surface area contributed by atoms with E-state index in [9.17, 15) is 4.79 Å². The van der Waals surface area contributed by atoms with Crippen LogP contribution in [0.2, 0.25) is 0 Å². The Morgan fingerprint density at radius 1 is 0.963 bits per heavy atom. The summed E-state index contributed by atoms with van der Waals surface area (Å²) in [5.74, 6) is -0.743. The van der Waals surface area contributed by atoms with Gasteiger partial charge in [-0.05, 0) is 57.8 Å². The fourth-order valence-electron chi connectivity index (χ4n) is 4.06. The topological polar surface area (TPSA) is 76.0 Å². The van der Waals surface area contributed by atoms with Crippen LogP contribution < -0.4 is 0 Å². The number of ether oxygens (including phenoxy) is 2. The van der Waals surface area contributed by atoms with Crippen LogP contribution in [0.1, 0.15) is 77.0 Å². The van der Waals surface area contributed by atoms with Crippen LogP contribution in [-0.2, 0) is 14.3 Å². The van der Waals surface area contributed by atoms with Crippen molar-refractivity contribution in [1.82, 2.24) is 0 Å². The summed E-state index contributed by atoms with van der Waals surface area (Å²) < 4.78 is 12.0. The van der Waals surface area contributed by atoms with E-state index in [0.29, 0.717) is 6.42 Å². The van der Waals surface area contributed by atoms with E-state index in [1.165, 1.54) is 0 Å². The molecule has 0 radical (unpaired) electrons. The minimum Gasteiger partial charge on any atom is -0.481 e. The highest BCUT2D eigenvalue weighted by Gasteiger charge is 2.53. The number of carboxylic acids is 1. The molecule has 0 aromatic carbocycles. The molecule has 0 amide bonds. The first-order chi connectivity index (χ1) is 13.1. The van der Waals surface area contributed by atoms with Crippen molar-refractivity contribution in [3.8, 4) is 0 Å². The zero-order chi connectivity index (χ0) is 20.0. The Kier molecular flexibility index (Phi) is 11.6. The van der Waals surface area contributed by atoms with Gasteiger partial charge in [-0.25, -0.2) is 0 Å². The van der Waals surface area contributed by atoms with Crippen molar-refractivity contribution in [1.29, 1.82) is 0 Å². The van der Waals surface area contributed by atoms with Crippen LogP contribution >= 0.6 is 0 Å². The third-order valence-corrected chi connectivity index (χ3v) is 5.70. The average Bonchev–Trinajstić information content (AvgIpc) is 3.02. The normalized spacial score (nSPS) is 25.7. The zero-order valence-electron chi connectivity index (χ0n) is 17.1. The number of hydrogen-bond acceptors (Lipinski definition) is 4. The molecule has 1 saturated carbocycles. The van der Waals surface area contributed by atoms with Crippen LogP contribution in [0.3, 0.4) is 0 Å². The zero-order valence-corrected chi connectivity index (χ0v) is 17.1. The van der Waals surface area contributed by atoms with Gasteiger partial charge in [-0.2, -0.15) is 0 Å². The lowest BCUT2D eigenvalue weighted by molar-refractivity contribution is -0.140. The van der Waals surface area contributed by atoms with Crippen LogP contribution in [-0.4, -0.2) is 48.2 Å². The number of allylic oxidation sites excluding steroid dienone is 2. The predicted molar refractivity (Wildman–Crippen MR) is 108 cm³/mol. The molecule has 0 spiro atoms. The Balaban J connectivity index is 2.61. The van der Waals surface area contributed by atoms with Crippen molar-refractivity contribution in [2.45, 2.75) is 88.3 Å². The predicted octanol–water partition coefficient (Wildman–Crippen LogP) is 4.64. The highest BCUT2D eigenvalue weighted by atomic mass is 16.5. The molecule has 0 heterocycles. The SMILES string of the molecule is COC1(C/C=C\CCCC(=O)O)CCC[C@@]1(/C=C/CCCCCCO)OC. The number of hydrogen-bond donors (Lipinski definition) is 2. The first kappa shape index (κ1) is 23.9. The molecule has 1 fully saturated rings. The Morgan fingerprint density at radius 2 is 1.70 bits per heavy atom. The monoisotopic (exact) mass is 382 g/mol. The average molecular weight is 383 g/mol. The molecule has 27 heavy (non-hydrogen) atoms. The summed E-state index contributed by atoms with van der Waals surface area (Å²) in [6, 6.07) is 0. The summed E-state index contributed by atoms with van der Waals surface area (Å²) >= 11 is 0. The van der Waals surface area contributed by atoms with E-state index in [4.69, 9.17) is 19.7 Å². The van der Waals surface area contributed by atoms with Gasteiger partial charge in [0.25, 0.3) is 0 Å². The van der Waals surface area contributed by atoms with Gasteiger partial charge in [-0.15, -0.1) is 0 Å². The third-order valence-electron chi connectivity index (χ3n) is 5.70. The third kappa shape index (κ3) is 7.40. The number of aliphatic hydroxyl groups is 1. The fourth-order valence-corrected chi connectivity index (χ4v) is 4.06. The smallest absolute Gasteiger partial charge is 0.303 e. The number of carbonyl (C=O) groups is 1. The maximum absolute atomic E-state index is 10.6. The first-order valence-corrected chi connectivity index (χ1v) is 10.3. The molecule has 2 N–H and O–H groups in total. The molecule has 2 atom stereocenters. The molecule has 5 heteroatoms. The number of rotatable bonds is 15. The fraction of sp³-hybridized carbons (Fsp3) is 0.773. The maximum Gasteiger partial charge on any atom is 0.303 e. The van der Waals surface area contributed by atoms with E-state index in [0.717, 1.165) is 64.2 Å². The van der Waals surface area contributed by atoms with Gasteiger partial charge in [-0.1, -0.05) is 37.1 Å². The van der Waals surface area contributed by atoms with Crippen LogP contribution in [0, 0.1) is 0 Å². The van der Waals surface area contributed by atoms with Gasteiger partial charge in [0.1, 0.15) is 11.2 Å². The molecule has 1 aliphatic rings. The number of aliphatic hydroxyl groups excluding tert-OH is 1. The van der Waals surface area contributed by atoms with Gasteiger partial charge >= 0.3 is 5.97 Å². The maximum atomic E-state index is 10.6. The molecule has 0 bridgehead atoms. The standard InChI is InChI=1S/C22H38O5/c1-26-21(15-10-6-3-4-8-12-19-23)17-13-18-22(21,27-2)16-11-7-5-9-14-20(24)25/h7,10-11,15,23H,3-6,8-9,12-14,16-19H2,1-2H3,(H,24,25)/b11-7-,15-10+/t21-,22?/m1/s1. The second-order valence-corrected chi connectivity index (χ2v) is 7.44. The largest absolute Gasteiger partial charge is 0.481 e. The van der Waals surface area contributed by atoms with Gasteiger partial charge < -0.3 is 19.7 Å². The molecular formula is C22H38O5. The number of carboxylic acid groups (broad SMARTS) is 1. The summed E-state index contributed by atoms with van der Waals surface area (Å²) in [5, 5.41) is 17.5. The van der Waals surface area contributed by atoms with E-state index in [2.05, 4.69) is 24.3 Å². The second-order valence-electron chi connectivity index (χ2n) is 7.44. The minimum atomic E-state index is -0.743. The van der Waals surface area contributed by atoms with Crippen molar-refractivity contribution in [3.05, 3.63) is 24.3 Å². The molecular weight excluding hydrogens is 344 g/mol. The summed E-state index contributed by atoms with van der Waals surface area (Å²) in [6.45, 7) is 0.281. The lowest BCUT2D eigenvalue weighted by Crippen LogP contribution is -2.51. The summed E-state index contributed by atoms with van der Waals surface area (Å²) in [4.78, 5) is 10.6. The summed E-state index contributed by atoms with van der Waals surface area (Å²) in [7, 11) is 3.53. The van der Waals surface area contributed by atoms with Crippen molar-refractivity contribution < 1.29 is 24.5 Å². The first-order valence-electron chi connectivity index (χ1n) is 10.3. The molecule has 5 nitrogen and oxygen atoms in total. The summed E-state index contributed by atoms with van der Waals surface area (Å²) in [6.07, 6.45) is 19.2. The van der Waals surface area contributed by atoms with E-state index in [1.54, 1.807) is 14.2 Å². The molecule has 0 saturated heterocycles. The molecule has 1 unspecified atom stereocenters. The molecule has 1 rings (SSSR count).